The van der Waals surface area contributed by atoms with Crippen molar-refractivity contribution in [2.24, 2.45) is 5.10 Å². The largest absolute Gasteiger partial charge is 0.280 e. The molecule has 3 aromatic rings. The average Bonchev–Trinajstić information content (AvgIpc) is 3.21. The van der Waals surface area contributed by atoms with Crippen molar-refractivity contribution in [1.29, 1.82) is 0 Å². The second-order valence-electron chi connectivity index (χ2n) is 7.32. The molecule has 1 unspecified atom stereocenters. The van der Waals surface area contributed by atoms with Crippen LogP contribution in [0.3, 0.4) is 0 Å². The molecule has 6 nitrogen and oxygen atoms in total. The van der Waals surface area contributed by atoms with Crippen LogP contribution in [0.15, 0.2) is 82.8 Å². The van der Waals surface area contributed by atoms with Gasteiger partial charge in [0.15, 0.2) is 0 Å². The third kappa shape index (κ3) is 4.80. The highest BCUT2D eigenvalue weighted by atomic mass is 35.5. The van der Waals surface area contributed by atoms with Gasteiger partial charge in [-0.1, -0.05) is 47.5 Å². The molecule has 9 heteroatoms. The molecule has 1 aliphatic rings. The number of amides is 1. The highest BCUT2D eigenvalue weighted by Crippen LogP contribution is 2.33. The van der Waals surface area contributed by atoms with Crippen molar-refractivity contribution in [3.05, 3.63) is 94.0 Å². The van der Waals surface area contributed by atoms with Gasteiger partial charge in [0.25, 0.3) is 10.0 Å². The van der Waals surface area contributed by atoms with Gasteiger partial charge < -0.3 is 0 Å². The minimum Gasteiger partial charge on any atom is -0.280 e. The molecule has 1 N–H and O–H groups in total. The number of carbonyl (C=O) groups is 1. The number of hydrazone groups is 1. The van der Waals surface area contributed by atoms with Crippen molar-refractivity contribution >= 4 is 50.5 Å². The summed E-state index contributed by atoms with van der Waals surface area (Å²) in [6, 6.07) is 19.9. The van der Waals surface area contributed by atoms with Crippen LogP contribution < -0.4 is 4.72 Å². The summed E-state index contributed by atoms with van der Waals surface area (Å²) in [4.78, 5) is 12.3. The van der Waals surface area contributed by atoms with E-state index in [2.05, 4.69) is 9.82 Å². The first-order valence-electron chi connectivity index (χ1n) is 9.74. The summed E-state index contributed by atoms with van der Waals surface area (Å²) >= 11 is 11.8. The Morgan fingerprint density at radius 1 is 0.938 bits per heavy atom. The van der Waals surface area contributed by atoms with E-state index in [1.165, 1.54) is 36.2 Å². The van der Waals surface area contributed by atoms with Crippen LogP contribution >= 0.6 is 23.2 Å². The molecule has 1 aliphatic heterocycles. The number of benzene rings is 3. The van der Waals surface area contributed by atoms with Gasteiger partial charge in [0.05, 0.1) is 16.6 Å². The van der Waals surface area contributed by atoms with Crippen LogP contribution in [-0.2, 0) is 14.8 Å². The monoisotopic (exact) mass is 487 g/mol. The van der Waals surface area contributed by atoms with Crippen LogP contribution in [0.25, 0.3) is 0 Å². The number of anilines is 1. The Labute approximate surface area is 196 Å². The lowest BCUT2D eigenvalue weighted by Gasteiger charge is -2.20. The highest BCUT2D eigenvalue weighted by Gasteiger charge is 2.31. The molecule has 1 amide bonds. The predicted molar refractivity (Wildman–Crippen MR) is 127 cm³/mol. The molecule has 0 spiro atoms. The van der Waals surface area contributed by atoms with E-state index in [9.17, 15) is 13.2 Å². The molecular formula is C23H19Cl2N3O3S. The van der Waals surface area contributed by atoms with Gasteiger partial charge in [0, 0.05) is 29.1 Å². The summed E-state index contributed by atoms with van der Waals surface area (Å²) in [5, 5.41) is 7.07. The van der Waals surface area contributed by atoms with Gasteiger partial charge in [-0.2, -0.15) is 5.10 Å². The Kier molecular flexibility index (Phi) is 6.24. The summed E-state index contributed by atoms with van der Waals surface area (Å²) in [6.45, 7) is 1.48. The van der Waals surface area contributed by atoms with Crippen molar-refractivity contribution in [3.63, 3.8) is 0 Å². The fourth-order valence-corrected chi connectivity index (χ4v) is 4.79. The fraction of sp³-hybridized carbons (Fsp3) is 0.130. The zero-order chi connectivity index (χ0) is 22.9. The number of hydrogen-bond donors (Lipinski definition) is 1. The lowest BCUT2D eigenvalue weighted by Crippen LogP contribution is -2.24. The number of hydrogen-bond acceptors (Lipinski definition) is 4. The molecular weight excluding hydrogens is 469 g/mol. The Morgan fingerprint density at radius 3 is 2.06 bits per heavy atom. The van der Waals surface area contributed by atoms with E-state index < -0.39 is 10.0 Å². The van der Waals surface area contributed by atoms with Crippen molar-refractivity contribution in [1.82, 2.24) is 5.01 Å². The van der Waals surface area contributed by atoms with Crippen LogP contribution in [0.4, 0.5) is 5.69 Å². The van der Waals surface area contributed by atoms with Gasteiger partial charge in [-0.3, -0.25) is 9.52 Å². The number of rotatable bonds is 5. The minimum atomic E-state index is -3.73. The molecule has 164 valence electrons. The number of sulfonamides is 1. The second-order valence-corrected chi connectivity index (χ2v) is 9.87. The lowest BCUT2D eigenvalue weighted by molar-refractivity contribution is -0.130. The maximum atomic E-state index is 12.6. The van der Waals surface area contributed by atoms with Crippen LogP contribution in [-0.4, -0.2) is 25.0 Å². The van der Waals surface area contributed by atoms with Gasteiger partial charge >= 0.3 is 0 Å². The van der Waals surface area contributed by atoms with Gasteiger partial charge in [-0.25, -0.2) is 13.4 Å². The molecule has 32 heavy (non-hydrogen) atoms. The van der Waals surface area contributed by atoms with E-state index in [0.717, 1.165) is 16.8 Å². The van der Waals surface area contributed by atoms with E-state index in [0.29, 0.717) is 22.2 Å². The molecule has 0 bridgehead atoms. The van der Waals surface area contributed by atoms with Crippen LogP contribution in [0.5, 0.6) is 0 Å². The normalized spacial score (nSPS) is 16.0. The summed E-state index contributed by atoms with van der Waals surface area (Å²) in [6.07, 6.45) is 0.539. The molecule has 0 radical (unpaired) electrons. The van der Waals surface area contributed by atoms with E-state index in [4.69, 9.17) is 23.2 Å². The second kappa shape index (κ2) is 8.94. The first kappa shape index (κ1) is 22.3. The molecule has 1 heterocycles. The summed E-state index contributed by atoms with van der Waals surface area (Å²) in [5.41, 5.74) is 2.91. The summed E-state index contributed by atoms with van der Waals surface area (Å²) < 4.78 is 27.7. The molecule has 1 atom stereocenters. The Hall–Kier alpha value is -2.87. The first-order chi connectivity index (χ1) is 15.2. The van der Waals surface area contributed by atoms with Gasteiger partial charge in [0.1, 0.15) is 0 Å². The van der Waals surface area contributed by atoms with E-state index in [-0.39, 0.29) is 16.8 Å². The topological polar surface area (TPSA) is 78.8 Å². The summed E-state index contributed by atoms with van der Waals surface area (Å²) in [7, 11) is -3.73. The quantitative estimate of drug-likeness (QED) is 0.516. The SMILES string of the molecule is CC(=O)N1N=C(c2ccc(NS(=O)(=O)c3ccc(Cl)cc3)cc2)CC1c1ccc(Cl)cc1. The van der Waals surface area contributed by atoms with Crippen molar-refractivity contribution < 1.29 is 13.2 Å². The third-order valence-corrected chi connectivity index (χ3v) is 6.98. The Morgan fingerprint density at radius 2 is 1.50 bits per heavy atom. The molecule has 0 fully saturated rings. The maximum Gasteiger partial charge on any atom is 0.261 e. The third-order valence-electron chi connectivity index (χ3n) is 5.08. The first-order valence-corrected chi connectivity index (χ1v) is 12.0. The van der Waals surface area contributed by atoms with Gasteiger partial charge in [-0.15, -0.1) is 0 Å². The van der Waals surface area contributed by atoms with Crippen molar-refractivity contribution in [2.75, 3.05) is 4.72 Å². The minimum absolute atomic E-state index is 0.119. The molecule has 0 aliphatic carbocycles. The molecule has 0 saturated carbocycles. The zero-order valence-electron chi connectivity index (χ0n) is 17.0. The fourth-order valence-electron chi connectivity index (χ4n) is 3.48. The van der Waals surface area contributed by atoms with E-state index in [1.54, 1.807) is 36.4 Å². The Bertz CT molecular complexity index is 1270. The van der Waals surface area contributed by atoms with Crippen molar-refractivity contribution in [3.8, 4) is 0 Å². The molecule has 0 aromatic heterocycles. The molecule has 4 rings (SSSR count). The van der Waals surface area contributed by atoms with Gasteiger partial charge in [0.2, 0.25) is 5.91 Å². The summed E-state index contributed by atoms with van der Waals surface area (Å²) in [5.74, 6) is -0.160. The number of carbonyl (C=O) groups excluding carboxylic acids is 1. The molecule has 0 saturated heterocycles. The smallest absolute Gasteiger partial charge is 0.261 e. The lowest BCUT2D eigenvalue weighted by atomic mass is 9.98. The molecule has 3 aromatic carbocycles. The van der Waals surface area contributed by atoms with E-state index >= 15 is 0 Å². The number of nitrogens with one attached hydrogen (secondary N) is 1. The average molecular weight is 488 g/mol. The number of halogens is 2. The van der Waals surface area contributed by atoms with Crippen LogP contribution in [0.2, 0.25) is 10.0 Å². The highest BCUT2D eigenvalue weighted by molar-refractivity contribution is 7.92. The van der Waals surface area contributed by atoms with Gasteiger partial charge in [-0.05, 0) is 59.7 Å². The van der Waals surface area contributed by atoms with Crippen LogP contribution in [0.1, 0.15) is 30.5 Å². The predicted octanol–water partition coefficient (Wildman–Crippen LogP) is 5.49. The van der Waals surface area contributed by atoms with Crippen LogP contribution in [0, 0.1) is 0 Å². The zero-order valence-corrected chi connectivity index (χ0v) is 19.3. The maximum absolute atomic E-state index is 12.6. The van der Waals surface area contributed by atoms with E-state index in [1.807, 2.05) is 12.1 Å². The van der Waals surface area contributed by atoms with Crippen molar-refractivity contribution in [2.45, 2.75) is 24.3 Å². The Balaban J connectivity index is 1.53. The standard InChI is InChI=1S/C23H19Cl2N3O3S/c1-15(29)28-23(17-2-6-18(24)7-3-17)14-22(26-28)16-4-10-20(11-5-16)27-32(30,31)21-12-8-19(25)9-13-21/h2-13,23,27H,14H2,1H3. The number of nitrogens with zero attached hydrogens (tertiary/aromatic N) is 2.